The summed E-state index contributed by atoms with van der Waals surface area (Å²) >= 11 is 1.55. The average Bonchev–Trinajstić information content (AvgIpc) is 3.19. The first-order valence-electron chi connectivity index (χ1n) is 7.65. The van der Waals surface area contributed by atoms with Gasteiger partial charge < -0.3 is 9.15 Å². The van der Waals surface area contributed by atoms with Crippen LogP contribution in [0.5, 0.6) is 0 Å². The standard InChI is InChI=1S/C19H15NO3S/c1-12-20-15(11-24-12)10-23-18(21)8-14-9-22-17-7-6-13-4-2-3-5-16(13)19(14)17/h2-7,9,11H,8,10H2,1H3. The van der Waals surface area contributed by atoms with Gasteiger partial charge in [-0.15, -0.1) is 11.3 Å². The summed E-state index contributed by atoms with van der Waals surface area (Å²) in [7, 11) is 0. The van der Waals surface area contributed by atoms with Crippen molar-refractivity contribution in [2.45, 2.75) is 20.0 Å². The molecule has 0 spiro atoms. The van der Waals surface area contributed by atoms with E-state index >= 15 is 0 Å². The number of aromatic nitrogens is 1. The van der Waals surface area contributed by atoms with Crippen LogP contribution >= 0.6 is 11.3 Å². The Hall–Kier alpha value is -2.66. The van der Waals surface area contributed by atoms with Gasteiger partial charge in [0.25, 0.3) is 0 Å². The minimum Gasteiger partial charge on any atom is -0.464 e. The quantitative estimate of drug-likeness (QED) is 0.509. The molecule has 2 heterocycles. The molecule has 2 aromatic carbocycles. The number of aryl methyl sites for hydroxylation is 1. The Balaban J connectivity index is 1.58. The molecule has 4 aromatic rings. The fraction of sp³-hybridized carbons (Fsp3) is 0.158. The SMILES string of the molecule is Cc1nc(COC(=O)Cc2coc3ccc4ccccc4c23)cs1. The summed E-state index contributed by atoms with van der Waals surface area (Å²) in [5.41, 5.74) is 2.42. The highest BCUT2D eigenvalue weighted by molar-refractivity contribution is 7.09. The number of thiazole rings is 1. The van der Waals surface area contributed by atoms with Crippen molar-refractivity contribution < 1.29 is 13.9 Å². The molecule has 2 aromatic heterocycles. The van der Waals surface area contributed by atoms with E-state index in [9.17, 15) is 4.79 Å². The molecular weight excluding hydrogens is 322 g/mol. The largest absolute Gasteiger partial charge is 0.464 e. The highest BCUT2D eigenvalue weighted by Gasteiger charge is 2.14. The molecule has 0 aliphatic carbocycles. The predicted octanol–water partition coefficient (Wildman–Crippen LogP) is 4.64. The van der Waals surface area contributed by atoms with Gasteiger partial charge in [0.1, 0.15) is 12.2 Å². The van der Waals surface area contributed by atoms with E-state index in [-0.39, 0.29) is 19.0 Å². The summed E-state index contributed by atoms with van der Waals surface area (Å²) in [6, 6.07) is 12.0. The van der Waals surface area contributed by atoms with Gasteiger partial charge in [0.05, 0.1) is 23.4 Å². The number of rotatable bonds is 4. The van der Waals surface area contributed by atoms with Crippen molar-refractivity contribution in [3.63, 3.8) is 0 Å². The zero-order chi connectivity index (χ0) is 16.5. The maximum Gasteiger partial charge on any atom is 0.310 e. The molecule has 0 saturated heterocycles. The van der Waals surface area contributed by atoms with Crippen LogP contribution in [0.3, 0.4) is 0 Å². The number of hydrogen-bond acceptors (Lipinski definition) is 5. The second kappa shape index (κ2) is 6.09. The van der Waals surface area contributed by atoms with Gasteiger partial charge in [-0.1, -0.05) is 30.3 Å². The Bertz CT molecular complexity index is 1030. The summed E-state index contributed by atoms with van der Waals surface area (Å²) in [5.74, 6) is -0.281. The number of benzene rings is 2. The summed E-state index contributed by atoms with van der Waals surface area (Å²) < 4.78 is 10.9. The molecule has 0 fully saturated rings. The van der Waals surface area contributed by atoms with Crippen molar-refractivity contribution in [3.05, 3.63) is 64.3 Å². The van der Waals surface area contributed by atoms with E-state index in [1.165, 1.54) is 0 Å². The number of hydrogen-bond donors (Lipinski definition) is 0. The van der Waals surface area contributed by atoms with Crippen molar-refractivity contribution >= 4 is 39.0 Å². The number of carbonyl (C=O) groups is 1. The first-order valence-corrected chi connectivity index (χ1v) is 8.53. The molecule has 0 unspecified atom stereocenters. The van der Waals surface area contributed by atoms with Gasteiger partial charge >= 0.3 is 5.97 Å². The molecule has 4 nitrogen and oxygen atoms in total. The van der Waals surface area contributed by atoms with Crippen molar-refractivity contribution in [1.29, 1.82) is 0 Å². The van der Waals surface area contributed by atoms with E-state index < -0.39 is 0 Å². The van der Waals surface area contributed by atoms with Crippen LogP contribution in [0.4, 0.5) is 0 Å². The molecular formula is C19H15NO3S. The molecule has 120 valence electrons. The molecule has 0 amide bonds. The first-order chi connectivity index (χ1) is 11.7. The maximum absolute atomic E-state index is 12.2. The second-order valence-corrected chi connectivity index (χ2v) is 6.68. The van der Waals surface area contributed by atoms with E-state index in [1.807, 2.05) is 42.6 Å². The van der Waals surface area contributed by atoms with Crippen LogP contribution in [-0.4, -0.2) is 11.0 Å². The molecule has 24 heavy (non-hydrogen) atoms. The van der Waals surface area contributed by atoms with E-state index in [2.05, 4.69) is 11.1 Å². The lowest BCUT2D eigenvalue weighted by molar-refractivity contribution is -0.144. The summed E-state index contributed by atoms with van der Waals surface area (Å²) in [6.45, 7) is 2.14. The Morgan fingerprint density at radius 3 is 2.96 bits per heavy atom. The lowest BCUT2D eigenvalue weighted by Gasteiger charge is -2.03. The Morgan fingerprint density at radius 1 is 1.25 bits per heavy atom. The molecule has 0 aliphatic heterocycles. The topological polar surface area (TPSA) is 52.3 Å². The summed E-state index contributed by atoms with van der Waals surface area (Å²) in [4.78, 5) is 16.5. The lowest BCUT2D eigenvalue weighted by atomic mass is 10.0. The van der Waals surface area contributed by atoms with E-state index in [0.717, 1.165) is 38.0 Å². The molecule has 0 aliphatic rings. The van der Waals surface area contributed by atoms with Gasteiger partial charge in [-0.25, -0.2) is 4.98 Å². The lowest BCUT2D eigenvalue weighted by Crippen LogP contribution is -2.08. The Morgan fingerprint density at radius 2 is 2.12 bits per heavy atom. The van der Waals surface area contributed by atoms with E-state index in [4.69, 9.17) is 9.15 Å². The molecule has 0 bridgehead atoms. The third-order valence-corrected chi connectivity index (χ3v) is 4.74. The van der Waals surface area contributed by atoms with Gasteiger partial charge in [-0.05, 0) is 23.8 Å². The molecule has 0 radical (unpaired) electrons. The van der Waals surface area contributed by atoms with Crippen molar-refractivity contribution in [3.8, 4) is 0 Å². The molecule has 0 N–H and O–H groups in total. The van der Waals surface area contributed by atoms with Crippen molar-refractivity contribution in [1.82, 2.24) is 4.98 Å². The molecule has 5 heteroatoms. The van der Waals surface area contributed by atoms with Crippen LogP contribution < -0.4 is 0 Å². The van der Waals surface area contributed by atoms with Crippen LogP contribution in [-0.2, 0) is 22.6 Å². The fourth-order valence-electron chi connectivity index (χ4n) is 2.84. The minimum atomic E-state index is -0.281. The van der Waals surface area contributed by atoms with Gasteiger partial charge in [0.2, 0.25) is 0 Å². The number of esters is 1. The zero-order valence-electron chi connectivity index (χ0n) is 13.1. The predicted molar refractivity (Wildman–Crippen MR) is 94.1 cm³/mol. The minimum absolute atomic E-state index is 0.185. The molecule has 4 rings (SSSR count). The zero-order valence-corrected chi connectivity index (χ0v) is 13.9. The van der Waals surface area contributed by atoms with Crippen LogP contribution in [0.1, 0.15) is 16.3 Å². The number of furan rings is 1. The third kappa shape index (κ3) is 2.78. The van der Waals surface area contributed by atoms with Crippen LogP contribution in [0.15, 0.2) is 52.5 Å². The number of fused-ring (bicyclic) bond motifs is 3. The number of nitrogens with zero attached hydrogens (tertiary/aromatic N) is 1. The van der Waals surface area contributed by atoms with E-state index in [1.54, 1.807) is 17.6 Å². The van der Waals surface area contributed by atoms with Crippen LogP contribution in [0, 0.1) is 6.92 Å². The van der Waals surface area contributed by atoms with Crippen LogP contribution in [0.2, 0.25) is 0 Å². The summed E-state index contributed by atoms with van der Waals surface area (Å²) in [5, 5.41) is 6.06. The Kier molecular flexibility index (Phi) is 3.78. The van der Waals surface area contributed by atoms with Gasteiger partial charge in [-0.3, -0.25) is 4.79 Å². The average molecular weight is 337 g/mol. The Labute approximate surface area is 142 Å². The summed E-state index contributed by atoms with van der Waals surface area (Å²) in [6.07, 6.45) is 1.83. The smallest absolute Gasteiger partial charge is 0.310 e. The molecule has 0 saturated carbocycles. The number of carbonyl (C=O) groups excluding carboxylic acids is 1. The second-order valence-electron chi connectivity index (χ2n) is 5.62. The normalized spacial score (nSPS) is 11.2. The van der Waals surface area contributed by atoms with Crippen molar-refractivity contribution in [2.24, 2.45) is 0 Å². The van der Waals surface area contributed by atoms with Gasteiger partial charge in [0.15, 0.2) is 0 Å². The van der Waals surface area contributed by atoms with Crippen molar-refractivity contribution in [2.75, 3.05) is 0 Å². The van der Waals surface area contributed by atoms with E-state index in [0.29, 0.717) is 0 Å². The van der Waals surface area contributed by atoms with Gasteiger partial charge in [0, 0.05) is 16.3 Å². The highest BCUT2D eigenvalue weighted by atomic mass is 32.1. The third-order valence-electron chi connectivity index (χ3n) is 3.92. The highest BCUT2D eigenvalue weighted by Crippen LogP contribution is 2.30. The van der Waals surface area contributed by atoms with Gasteiger partial charge in [-0.2, -0.15) is 0 Å². The fourth-order valence-corrected chi connectivity index (χ4v) is 3.44. The monoisotopic (exact) mass is 337 g/mol. The first kappa shape index (κ1) is 14.9. The molecule has 0 atom stereocenters. The maximum atomic E-state index is 12.2. The van der Waals surface area contributed by atoms with Crippen LogP contribution in [0.25, 0.3) is 21.7 Å². The number of ether oxygens (including phenoxy) is 1.